The topological polar surface area (TPSA) is 92.8 Å². The van der Waals surface area contributed by atoms with Gasteiger partial charge in [0, 0.05) is 11.0 Å². The van der Waals surface area contributed by atoms with E-state index in [4.69, 9.17) is 4.74 Å². The molecule has 0 atom stereocenters. The Morgan fingerprint density at radius 2 is 1.66 bits per heavy atom. The average molecular weight is 387 g/mol. The van der Waals surface area contributed by atoms with E-state index in [0.717, 1.165) is 22.8 Å². The first-order valence-corrected chi connectivity index (χ1v) is 9.26. The van der Waals surface area contributed by atoms with Crippen molar-refractivity contribution in [2.75, 3.05) is 5.32 Å². The summed E-state index contributed by atoms with van der Waals surface area (Å²) in [5.74, 6) is 1.80. The van der Waals surface area contributed by atoms with Crippen molar-refractivity contribution in [2.45, 2.75) is 20.8 Å². The number of anilines is 1. The summed E-state index contributed by atoms with van der Waals surface area (Å²) in [6, 6.07) is 17.2. The van der Waals surface area contributed by atoms with Crippen molar-refractivity contribution in [2.24, 2.45) is 5.41 Å². The van der Waals surface area contributed by atoms with Gasteiger partial charge in [-0.05, 0) is 36.4 Å². The Kier molecular flexibility index (Phi) is 4.72. The van der Waals surface area contributed by atoms with Gasteiger partial charge in [-0.25, -0.2) is 9.97 Å². The summed E-state index contributed by atoms with van der Waals surface area (Å²) >= 11 is 0. The maximum absolute atomic E-state index is 12.4. The highest BCUT2D eigenvalue weighted by Gasteiger charge is 2.24. The van der Waals surface area contributed by atoms with Crippen molar-refractivity contribution in [3.8, 4) is 22.8 Å². The molecule has 7 nitrogen and oxygen atoms in total. The van der Waals surface area contributed by atoms with Crippen LogP contribution in [0.5, 0.6) is 11.5 Å². The summed E-state index contributed by atoms with van der Waals surface area (Å²) in [5.41, 5.74) is 1.56. The number of aromatic nitrogens is 4. The highest BCUT2D eigenvalue weighted by atomic mass is 16.5. The van der Waals surface area contributed by atoms with Crippen LogP contribution in [0.4, 0.5) is 5.82 Å². The van der Waals surface area contributed by atoms with Gasteiger partial charge in [0.25, 0.3) is 0 Å². The molecule has 2 aromatic carbocycles. The number of rotatable bonds is 4. The molecule has 0 saturated heterocycles. The second-order valence-corrected chi connectivity index (χ2v) is 7.66. The summed E-state index contributed by atoms with van der Waals surface area (Å²) in [5, 5.41) is 10.8. The lowest BCUT2D eigenvalue weighted by Gasteiger charge is -2.17. The molecule has 0 radical (unpaired) electrons. The number of aromatic amines is 1. The summed E-state index contributed by atoms with van der Waals surface area (Å²) in [6.07, 6.45) is 1.39. The van der Waals surface area contributed by atoms with Crippen LogP contribution in [0, 0.1) is 5.41 Å². The number of nitrogens with zero attached hydrogens (tertiary/aromatic N) is 3. The first kappa shape index (κ1) is 18.6. The fraction of sp³-hybridized carbons (Fsp3) is 0.182. The number of H-pyrrole nitrogens is 1. The monoisotopic (exact) mass is 387 g/mol. The van der Waals surface area contributed by atoms with Gasteiger partial charge < -0.3 is 10.1 Å². The smallest absolute Gasteiger partial charge is 0.230 e. The van der Waals surface area contributed by atoms with E-state index < -0.39 is 5.41 Å². The average Bonchev–Trinajstić information content (AvgIpc) is 3.14. The standard InChI is InChI=1S/C22H21N5O2/c1-22(2,3)21(28)25-19-17-18(26-27-20(17)24-13-23-19)14-9-11-16(12-10-14)29-15-7-5-4-6-8-15/h4-13H,1-3H3,(H2,23,24,25,26,27,28). The number of amides is 1. The summed E-state index contributed by atoms with van der Waals surface area (Å²) in [4.78, 5) is 20.9. The van der Waals surface area contributed by atoms with Crippen LogP contribution in [0.25, 0.3) is 22.3 Å². The lowest BCUT2D eigenvalue weighted by Crippen LogP contribution is -2.28. The Morgan fingerprint density at radius 3 is 2.34 bits per heavy atom. The Balaban J connectivity index is 1.66. The van der Waals surface area contributed by atoms with Gasteiger partial charge in [-0.15, -0.1) is 0 Å². The number of carbonyl (C=O) groups excluding carboxylic acids is 1. The molecule has 2 aromatic heterocycles. The van der Waals surface area contributed by atoms with Gasteiger partial charge in [0.15, 0.2) is 5.65 Å². The first-order valence-electron chi connectivity index (χ1n) is 9.26. The van der Waals surface area contributed by atoms with Crippen LogP contribution in [0.2, 0.25) is 0 Å². The molecule has 0 aliphatic heterocycles. The maximum atomic E-state index is 12.4. The lowest BCUT2D eigenvalue weighted by atomic mass is 9.95. The van der Waals surface area contributed by atoms with Crippen molar-refractivity contribution in [3.05, 3.63) is 60.9 Å². The largest absolute Gasteiger partial charge is 0.457 e. The van der Waals surface area contributed by atoms with Gasteiger partial charge >= 0.3 is 0 Å². The minimum Gasteiger partial charge on any atom is -0.457 e. The Morgan fingerprint density at radius 1 is 0.966 bits per heavy atom. The molecule has 2 heterocycles. The minimum atomic E-state index is -0.544. The molecule has 0 spiro atoms. The molecule has 0 unspecified atom stereocenters. The predicted octanol–water partition coefficient (Wildman–Crippen LogP) is 4.80. The number of nitrogens with one attached hydrogen (secondary N) is 2. The normalized spacial score (nSPS) is 11.4. The van der Waals surface area contributed by atoms with E-state index in [-0.39, 0.29) is 5.91 Å². The fourth-order valence-electron chi connectivity index (χ4n) is 2.77. The summed E-state index contributed by atoms with van der Waals surface area (Å²) in [7, 11) is 0. The summed E-state index contributed by atoms with van der Waals surface area (Å²) < 4.78 is 5.84. The Bertz CT molecular complexity index is 1150. The molecule has 29 heavy (non-hydrogen) atoms. The minimum absolute atomic E-state index is 0.128. The molecule has 1 amide bonds. The van der Waals surface area contributed by atoms with Gasteiger partial charge in [0.2, 0.25) is 5.91 Å². The van der Waals surface area contributed by atoms with E-state index in [2.05, 4.69) is 25.5 Å². The second-order valence-electron chi connectivity index (χ2n) is 7.66. The molecular formula is C22H21N5O2. The van der Waals surface area contributed by atoms with E-state index in [9.17, 15) is 4.79 Å². The van der Waals surface area contributed by atoms with Crippen LogP contribution in [0.1, 0.15) is 20.8 Å². The molecule has 0 bridgehead atoms. The van der Waals surface area contributed by atoms with Crippen LogP contribution in [-0.4, -0.2) is 26.1 Å². The number of hydrogen-bond donors (Lipinski definition) is 2. The van der Waals surface area contributed by atoms with Crippen LogP contribution >= 0.6 is 0 Å². The summed E-state index contributed by atoms with van der Waals surface area (Å²) in [6.45, 7) is 5.55. The number of fused-ring (bicyclic) bond motifs is 1. The molecule has 0 fully saturated rings. The van der Waals surface area contributed by atoms with E-state index in [1.165, 1.54) is 6.33 Å². The quantitative estimate of drug-likeness (QED) is 0.525. The lowest BCUT2D eigenvalue weighted by molar-refractivity contribution is -0.123. The van der Waals surface area contributed by atoms with Crippen LogP contribution in [-0.2, 0) is 4.79 Å². The second kappa shape index (κ2) is 7.35. The van der Waals surface area contributed by atoms with Crippen molar-refractivity contribution in [1.29, 1.82) is 0 Å². The van der Waals surface area contributed by atoms with Crippen LogP contribution in [0.15, 0.2) is 60.9 Å². The van der Waals surface area contributed by atoms with Gasteiger partial charge in [0.05, 0.1) is 11.1 Å². The third-order valence-electron chi connectivity index (χ3n) is 4.39. The highest BCUT2D eigenvalue weighted by molar-refractivity contribution is 6.05. The number of ether oxygens (including phenoxy) is 1. The Labute approximate surface area is 168 Å². The van der Waals surface area contributed by atoms with Crippen molar-refractivity contribution >= 4 is 22.8 Å². The fourth-order valence-corrected chi connectivity index (χ4v) is 2.77. The van der Waals surface area contributed by atoms with Crippen molar-refractivity contribution < 1.29 is 9.53 Å². The van der Waals surface area contributed by atoms with E-state index in [0.29, 0.717) is 16.9 Å². The molecule has 7 heteroatoms. The number of hydrogen-bond acceptors (Lipinski definition) is 5. The first-order chi connectivity index (χ1) is 13.9. The van der Waals surface area contributed by atoms with Crippen LogP contribution < -0.4 is 10.1 Å². The number of para-hydroxylation sites is 1. The molecule has 0 aliphatic carbocycles. The zero-order chi connectivity index (χ0) is 20.4. The van der Waals surface area contributed by atoms with Crippen molar-refractivity contribution in [3.63, 3.8) is 0 Å². The van der Waals surface area contributed by atoms with E-state index in [1.807, 2.05) is 75.4 Å². The van der Waals surface area contributed by atoms with Gasteiger partial charge in [-0.1, -0.05) is 39.0 Å². The third kappa shape index (κ3) is 3.94. The predicted molar refractivity (Wildman–Crippen MR) is 112 cm³/mol. The van der Waals surface area contributed by atoms with Crippen molar-refractivity contribution in [1.82, 2.24) is 20.2 Å². The molecule has 146 valence electrons. The zero-order valence-corrected chi connectivity index (χ0v) is 16.4. The van der Waals surface area contributed by atoms with Gasteiger partial charge in [-0.3, -0.25) is 9.89 Å². The van der Waals surface area contributed by atoms with E-state index >= 15 is 0 Å². The molecule has 4 rings (SSSR count). The SMILES string of the molecule is CC(C)(C)C(=O)Nc1ncnc2n[nH]c(-c3ccc(Oc4ccccc4)cc3)c12. The highest BCUT2D eigenvalue weighted by Crippen LogP contribution is 2.32. The zero-order valence-electron chi connectivity index (χ0n) is 16.4. The molecule has 0 aliphatic rings. The number of benzene rings is 2. The number of carbonyl (C=O) groups is 1. The molecule has 2 N–H and O–H groups in total. The maximum Gasteiger partial charge on any atom is 0.230 e. The van der Waals surface area contributed by atoms with Gasteiger partial charge in [-0.2, -0.15) is 5.10 Å². The van der Waals surface area contributed by atoms with Gasteiger partial charge in [0.1, 0.15) is 23.6 Å². The molecular weight excluding hydrogens is 366 g/mol. The molecule has 4 aromatic rings. The third-order valence-corrected chi connectivity index (χ3v) is 4.39. The van der Waals surface area contributed by atoms with E-state index in [1.54, 1.807) is 0 Å². The molecule has 0 saturated carbocycles. The Hall–Kier alpha value is -3.74. The van der Waals surface area contributed by atoms with Crippen LogP contribution in [0.3, 0.4) is 0 Å².